The summed E-state index contributed by atoms with van der Waals surface area (Å²) in [6.07, 6.45) is 3.36. The Balaban J connectivity index is 1.88. The molecule has 0 fully saturated rings. The molecule has 0 bridgehead atoms. The molecule has 1 aromatic heterocycles. The zero-order chi connectivity index (χ0) is 21.5. The predicted molar refractivity (Wildman–Crippen MR) is 115 cm³/mol. The van der Waals surface area contributed by atoms with Gasteiger partial charge >= 0.3 is 0 Å². The van der Waals surface area contributed by atoms with Crippen LogP contribution in [0.4, 0.5) is 10.1 Å². The van der Waals surface area contributed by atoms with Gasteiger partial charge in [0.05, 0.1) is 6.54 Å². The highest BCUT2D eigenvalue weighted by Crippen LogP contribution is 2.21. The van der Waals surface area contributed by atoms with E-state index >= 15 is 0 Å². The van der Waals surface area contributed by atoms with Crippen molar-refractivity contribution in [3.8, 4) is 0 Å². The molecule has 0 aliphatic carbocycles. The number of amides is 2. The summed E-state index contributed by atoms with van der Waals surface area (Å²) in [5.41, 5.74) is 2.41. The molecule has 5 nitrogen and oxygen atoms in total. The second-order valence-electron chi connectivity index (χ2n) is 6.78. The third-order valence-corrected chi connectivity index (χ3v) is 4.88. The second kappa shape index (κ2) is 9.78. The molecule has 2 aromatic carbocycles. The number of hydrogen-bond acceptors (Lipinski definition) is 3. The van der Waals surface area contributed by atoms with Crippen LogP contribution in [-0.4, -0.2) is 34.8 Å². The smallest absolute Gasteiger partial charge is 0.258 e. The summed E-state index contributed by atoms with van der Waals surface area (Å²) in [5.74, 6) is -0.677. The Kier molecular flexibility index (Phi) is 6.91. The Labute approximate surface area is 175 Å². The van der Waals surface area contributed by atoms with Gasteiger partial charge in [-0.15, -0.1) is 0 Å². The summed E-state index contributed by atoms with van der Waals surface area (Å²) in [6, 6.07) is 16.1. The number of hydrogen-bond donors (Lipinski definition) is 0. The Bertz CT molecular complexity index is 985. The highest BCUT2D eigenvalue weighted by atomic mass is 19.1. The molecular weight excluding hydrogens is 381 g/mol. The normalized spacial score (nSPS) is 10.5. The maximum absolute atomic E-state index is 13.4. The zero-order valence-electron chi connectivity index (χ0n) is 17.1. The van der Waals surface area contributed by atoms with Crippen LogP contribution in [0, 0.1) is 5.82 Å². The average Bonchev–Trinajstić information content (AvgIpc) is 2.79. The van der Waals surface area contributed by atoms with Crippen molar-refractivity contribution in [2.24, 2.45) is 0 Å². The van der Waals surface area contributed by atoms with Gasteiger partial charge in [0.1, 0.15) is 5.82 Å². The number of benzene rings is 2. The minimum absolute atomic E-state index is 0.0650. The molecule has 0 unspecified atom stereocenters. The summed E-state index contributed by atoms with van der Waals surface area (Å²) in [6.45, 7) is 5.40. The van der Waals surface area contributed by atoms with Crippen LogP contribution in [0.2, 0.25) is 0 Å². The van der Waals surface area contributed by atoms with E-state index in [4.69, 9.17) is 0 Å². The van der Waals surface area contributed by atoms with E-state index in [0.717, 1.165) is 5.56 Å². The minimum atomic E-state index is -0.369. The topological polar surface area (TPSA) is 53.5 Å². The average molecular weight is 405 g/mol. The zero-order valence-corrected chi connectivity index (χ0v) is 17.1. The highest BCUT2D eigenvalue weighted by molar-refractivity contribution is 6.06. The second-order valence-corrected chi connectivity index (χ2v) is 6.78. The molecule has 30 heavy (non-hydrogen) atoms. The lowest BCUT2D eigenvalue weighted by molar-refractivity contribution is 0.0772. The van der Waals surface area contributed by atoms with Crippen LogP contribution >= 0.6 is 0 Å². The van der Waals surface area contributed by atoms with E-state index in [1.54, 1.807) is 64.7 Å². The van der Waals surface area contributed by atoms with Crippen LogP contribution in [-0.2, 0) is 6.54 Å². The summed E-state index contributed by atoms with van der Waals surface area (Å²) >= 11 is 0. The monoisotopic (exact) mass is 405 g/mol. The molecule has 0 saturated carbocycles. The van der Waals surface area contributed by atoms with Gasteiger partial charge < -0.3 is 9.80 Å². The van der Waals surface area contributed by atoms with Gasteiger partial charge in [-0.3, -0.25) is 14.6 Å². The van der Waals surface area contributed by atoms with E-state index in [9.17, 15) is 14.0 Å². The van der Waals surface area contributed by atoms with E-state index < -0.39 is 0 Å². The third-order valence-electron chi connectivity index (χ3n) is 4.88. The van der Waals surface area contributed by atoms with Crippen LogP contribution in [0.1, 0.15) is 40.1 Å². The molecule has 0 aliphatic heterocycles. The molecule has 0 spiro atoms. The van der Waals surface area contributed by atoms with E-state index in [1.807, 2.05) is 19.9 Å². The molecule has 0 saturated heterocycles. The molecule has 3 rings (SSSR count). The lowest BCUT2D eigenvalue weighted by Crippen LogP contribution is -2.31. The first-order valence-electron chi connectivity index (χ1n) is 9.89. The van der Waals surface area contributed by atoms with Gasteiger partial charge in [0.15, 0.2) is 0 Å². The van der Waals surface area contributed by atoms with Crippen molar-refractivity contribution < 1.29 is 14.0 Å². The Morgan fingerprint density at radius 2 is 1.47 bits per heavy atom. The standard InChI is InChI=1S/C24H24FN3O2/c1-3-27(4-2)23(29)19-7-9-20(10-8-19)24(30)28(17-18-6-5-15-26-16-18)22-13-11-21(25)12-14-22/h5-16H,3-4,17H2,1-2H3. The first kappa shape index (κ1) is 21.2. The van der Waals surface area contributed by atoms with Crippen molar-refractivity contribution in [3.05, 3.63) is 95.6 Å². The molecule has 6 heteroatoms. The van der Waals surface area contributed by atoms with Crippen molar-refractivity contribution in [1.29, 1.82) is 0 Å². The lowest BCUT2D eigenvalue weighted by Gasteiger charge is -2.23. The van der Waals surface area contributed by atoms with Crippen molar-refractivity contribution >= 4 is 17.5 Å². The molecule has 3 aromatic rings. The van der Waals surface area contributed by atoms with Gasteiger partial charge in [0.2, 0.25) is 0 Å². The molecule has 0 radical (unpaired) electrons. The van der Waals surface area contributed by atoms with Crippen molar-refractivity contribution in [2.45, 2.75) is 20.4 Å². The predicted octanol–water partition coefficient (Wildman–Crippen LogP) is 4.55. The quantitative estimate of drug-likeness (QED) is 0.579. The van der Waals surface area contributed by atoms with Crippen molar-refractivity contribution in [1.82, 2.24) is 9.88 Å². The summed E-state index contributed by atoms with van der Waals surface area (Å²) in [5, 5.41) is 0. The molecule has 0 aliphatic rings. The molecule has 1 heterocycles. The fraction of sp³-hybridized carbons (Fsp3) is 0.208. The van der Waals surface area contributed by atoms with Gasteiger partial charge in [-0.1, -0.05) is 6.07 Å². The number of aromatic nitrogens is 1. The van der Waals surface area contributed by atoms with Gasteiger partial charge in [0, 0.05) is 42.3 Å². The maximum atomic E-state index is 13.4. The van der Waals surface area contributed by atoms with E-state index in [0.29, 0.717) is 36.4 Å². The van der Waals surface area contributed by atoms with E-state index in [1.165, 1.54) is 12.1 Å². The number of rotatable bonds is 7. The molecule has 0 atom stereocenters. The number of anilines is 1. The SMILES string of the molecule is CCN(CC)C(=O)c1ccc(C(=O)N(Cc2cccnc2)c2ccc(F)cc2)cc1. The number of carbonyl (C=O) groups excluding carboxylic acids is 2. The fourth-order valence-corrected chi connectivity index (χ4v) is 3.18. The van der Waals surface area contributed by atoms with Gasteiger partial charge in [-0.25, -0.2) is 4.39 Å². The Morgan fingerprint density at radius 1 is 0.867 bits per heavy atom. The largest absolute Gasteiger partial charge is 0.339 e. The molecule has 0 N–H and O–H groups in total. The molecule has 2 amide bonds. The highest BCUT2D eigenvalue weighted by Gasteiger charge is 2.20. The summed E-state index contributed by atoms with van der Waals surface area (Å²) < 4.78 is 13.4. The first-order chi connectivity index (χ1) is 14.5. The van der Waals surface area contributed by atoms with Crippen LogP contribution in [0.25, 0.3) is 0 Å². The minimum Gasteiger partial charge on any atom is -0.339 e. The summed E-state index contributed by atoms with van der Waals surface area (Å²) in [4.78, 5) is 33.2. The number of pyridine rings is 1. The Morgan fingerprint density at radius 3 is 2.00 bits per heavy atom. The van der Waals surface area contributed by atoms with Gasteiger partial charge in [-0.2, -0.15) is 0 Å². The maximum Gasteiger partial charge on any atom is 0.258 e. The Hall–Kier alpha value is -3.54. The number of nitrogens with zero attached hydrogens (tertiary/aromatic N) is 3. The van der Waals surface area contributed by atoms with Crippen molar-refractivity contribution in [2.75, 3.05) is 18.0 Å². The number of halogens is 1. The van der Waals surface area contributed by atoms with Crippen LogP contribution in [0.3, 0.4) is 0 Å². The van der Waals surface area contributed by atoms with Gasteiger partial charge in [-0.05, 0) is 74.0 Å². The van der Waals surface area contributed by atoms with Crippen molar-refractivity contribution in [3.63, 3.8) is 0 Å². The van der Waals surface area contributed by atoms with Gasteiger partial charge in [0.25, 0.3) is 11.8 Å². The van der Waals surface area contributed by atoms with Crippen LogP contribution < -0.4 is 4.90 Å². The van der Waals surface area contributed by atoms with E-state index in [-0.39, 0.29) is 17.6 Å². The summed E-state index contributed by atoms with van der Waals surface area (Å²) in [7, 11) is 0. The fourth-order valence-electron chi connectivity index (χ4n) is 3.18. The third kappa shape index (κ3) is 4.89. The number of carbonyl (C=O) groups is 2. The first-order valence-corrected chi connectivity index (χ1v) is 9.89. The molecular formula is C24H24FN3O2. The van der Waals surface area contributed by atoms with E-state index in [2.05, 4.69) is 4.98 Å². The van der Waals surface area contributed by atoms with Crippen LogP contribution in [0.5, 0.6) is 0 Å². The van der Waals surface area contributed by atoms with Crippen LogP contribution in [0.15, 0.2) is 73.1 Å². The molecule has 154 valence electrons. The lowest BCUT2D eigenvalue weighted by atomic mass is 10.1.